The quantitative estimate of drug-likeness (QED) is 0.243. The van der Waals surface area contributed by atoms with Crippen molar-refractivity contribution in [2.75, 3.05) is 0 Å². The van der Waals surface area contributed by atoms with Crippen LogP contribution >= 0.6 is 0 Å². The monoisotopic (exact) mass is 584 g/mol. The average Bonchev–Trinajstić information content (AvgIpc) is 2.76. The smallest absolute Gasteiger partial charge is 0.430 e. The van der Waals surface area contributed by atoms with Crippen molar-refractivity contribution in [1.29, 1.82) is 0 Å². The van der Waals surface area contributed by atoms with E-state index in [1.165, 1.54) is 0 Å². The lowest BCUT2D eigenvalue weighted by Crippen LogP contribution is -2.72. The van der Waals surface area contributed by atoms with E-state index < -0.39 is 78.1 Å². The number of rotatable bonds is 10. The largest absolute Gasteiger partial charge is 0.460 e. The second-order valence-electron chi connectivity index (χ2n) is 6.88. The third kappa shape index (κ3) is 4.88. The molecule has 37 heavy (non-hydrogen) atoms. The van der Waals surface area contributed by atoms with Gasteiger partial charge in [0.25, 0.3) is 0 Å². The Balaban J connectivity index is 3.59. The van der Waals surface area contributed by atoms with E-state index in [0.29, 0.717) is 12.1 Å². The van der Waals surface area contributed by atoms with Gasteiger partial charge in [-0.3, -0.25) is 0 Å². The maximum atomic E-state index is 13.7. The summed E-state index contributed by atoms with van der Waals surface area (Å²) in [5, 5.41) is 17.9. The first kappa shape index (κ1) is 32.5. The zero-order chi connectivity index (χ0) is 29.6. The molecule has 0 heterocycles. The Morgan fingerprint density at radius 2 is 1.00 bits per heavy atom. The first-order chi connectivity index (χ1) is 16.3. The van der Waals surface area contributed by atoms with Gasteiger partial charge in [-0.15, -0.1) is 0 Å². The maximum Gasteiger partial charge on any atom is 0.460 e. The molecule has 214 valence electrons. The van der Waals surface area contributed by atoms with Crippen LogP contribution in [0.1, 0.15) is 11.1 Å². The number of allylic oxidation sites excluding steroid dienone is 1. The molecular formula is C17H9F17O3. The van der Waals surface area contributed by atoms with Crippen molar-refractivity contribution >= 4 is 0 Å². The molecule has 0 spiro atoms. The molecule has 1 aromatic rings. The van der Waals surface area contributed by atoms with Gasteiger partial charge in [-0.25, -0.2) is 0 Å². The fraction of sp³-hybridized carbons (Fsp3) is 0.529. The molecule has 0 aliphatic rings. The van der Waals surface area contributed by atoms with Crippen LogP contribution in [0, 0.1) is 0 Å². The van der Waals surface area contributed by atoms with E-state index in [2.05, 4.69) is 4.74 Å². The van der Waals surface area contributed by atoms with Crippen molar-refractivity contribution in [2.45, 2.75) is 54.9 Å². The molecule has 3 nitrogen and oxygen atoms in total. The van der Waals surface area contributed by atoms with Gasteiger partial charge in [0.15, 0.2) is 0 Å². The van der Waals surface area contributed by atoms with Crippen molar-refractivity contribution in [3.63, 3.8) is 0 Å². The molecule has 0 aliphatic heterocycles. The highest BCUT2D eigenvalue weighted by Gasteiger charge is 2.93. The summed E-state index contributed by atoms with van der Waals surface area (Å²) in [5.74, 6) is -55.7. The molecular weight excluding hydrogens is 575 g/mol. The number of benzene rings is 1. The summed E-state index contributed by atoms with van der Waals surface area (Å²) in [7, 11) is 0. The highest BCUT2D eigenvalue weighted by Crippen LogP contribution is 2.63. The van der Waals surface area contributed by atoms with Crippen LogP contribution < -0.4 is 4.74 Å². The molecule has 0 fully saturated rings. The minimum atomic E-state index is -8.67. The van der Waals surface area contributed by atoms with Crippen LogP contribution in [0.15, 0.2) is 30.0 Å². The molecule has 1 rings (SSSR count). The van der Waals surface area contributed by atoms with Crippen molar-refractivity contribution in [1.82, 2.24) is 0 Å². The fourth-order valence-corrected chi connectivity index (χ4v) is 2.34. The van der Waals surface area contributed by atoms with E-state index in [1.54, 1.807) is 0 Å². The number of hydrogen-bond donors (Lipinski definition) is 2. The van der Waals surface area contributed by atoms with Gasteiger partial charge in [-0.1, -0.05) is 6.07 Å². The number of alkyl halides is 15. The van der Waals surface area contributed by atoms with Crippen LogP contribution in [-0.4, -0.2) is 51.9 Å². The number of halogens is 17. The van der Waals surface area contributed by atoms with Crippen LogP contribution in [0.25, 0.3) is 0 Å². The van der Waals surface area contributed by atoms with E-state index in [9.17, 15) is 74.6 Å². The molecule has 0 aromatic heterocycles. The van der Waals surface area contributed by atoms with Crippen LogP contribution in [0.2, 0.25) is 0 Å². The standard InChI is InChI=1S/C17H9F17O3/c18-9(10(19)37-8-2-1-6(4-35)7(3-8)5-36)11(20,21)12(22,23)13(24,25)14(26,27)15(28,29)16(30,31)17(32,33)34/h1-3,35-36H,4-5H2. The Kier molecular flexibility index (Phi) is 8.49. The molecule has 0 amide bonds. The summed E-state index contributed by atoms with van der Waals surface area (Å²) < 4.78 is 228. The Morgan fingerprint density at radius 1 is 0.595 bits per heavy atom. The molecule has 1 aromatic carbocycles. The molecule has 0 bridgehead atoms. The van der Waals surface area contributed by atoms with Gasteiger partial charge in [-0.2, -0.15) is 74.6 Å². The van der Waals surface area contributed by atoms with E-state index >= 15 is 0 Å². The van der Waals surface area contributed by atoms with E-state index in [1.807, 2.05) is 0 Å². The lowest BCUT2D eigenvalue weighted by atomic mass is 9.91. The summed E-state index contributed by atoms with van der Waals surface area (Å²) in [5.41, 5.74) is -0.556. The van der Waals surface area contributed by atoms with Gasteiger partial charge in [0.2, 0.25) is 5.83 Å². The predicted octanol–water partition coefficient (Wildman–Crippen LogP) is 6.53. The van der Waals surface area contributed by atoms with Crippen molar-refractivity contribution in [3.05, 3.63) is 41.2 Å². The zero-order valence-corrected chi connectivity index (χ0v) is 16.9. The highest BCUT2D eigenvalue weighted by molar-refractivity contribution is 5.36. The van der Waals surface area contributed by atoms with Crippen molar-refractivity contribution in [3.8, 4) is 5.75 Å². The first-order valence-electron chi connectivity index (χ1n) is 8.70. The maximum absolute atomic E-state index is 13.7. The van der Waals surface area contributed by atoms with Crippen LogP contribution in [-0.2, 0) is 13.2 Å². The van der Waals surface area contributed by atoms with E-state index in [0.717, 1.165) is 6.07 Å². The topological polar surface area (TPSA) is 49.7 Å². The Bertz CT molecular complexity index is 1010. The number of hydrogen-bond acceptors (Lipinski definition) is 3. The number of aliphatic hydroxyl groups excluding tert-OH is 2. The highest BCUT2D eigenvalue weighted by atomic mass is 19.4. The normalized spacial score (nSPS) is 15.5. The minimum Gasteiger partial charge on any atom is -0.430 e. The van der Waals surface area contributed by atoms with Crippen LogP contribution in [0.4, 0.5) is 74.6 Å². The molecule has 0 saturated carbocycles. The van der Waals surface area contributed by atoms with Crippen molar-refractivity contribution in [2.24, 2.45) is 0 Å². The summed E-state index contributed by atoms with van der Waals surface area (Å²) in [6.07, 6.45) is -7.81. The van der Waals surface area contributed by atoms with Crippen LogP contribution in [0.3, 0.4) is 0 Å². The zero-order valence-electron chi connectivity index (χ0n) is 16.9. The van der Waals surface area contributed by atoms with Gasteiger partial charge in [0, 0.05) is 0 Å². The SMILES string of the molecule is OCc1ccc(OC(F)=C(F)C(F)(F)C(F)(F)C(F)(F)C(F)(F)C(F)(F)C(F)(F)C(F)(F)F)cc1CO. The third-order valence-electron chi connectivity index (χ3n) is 4.50. The Labute approximate surface area is 192 Å². The summed E-state index contributed by atoms with van der Waals surface area (Å²) in [4.78, 5) is 0. The van der Waals surface area contributed by atoms with Crippen molar-refractivity contribution < 1.29 is 89.6 Å². The molecule has 0 atom stereocenters. The summed E-state index contributed by atoms with van der Waals surface area (Å²) >= 11 is 0. The summed E-state index contributed by atoms with van der Waals surface area (Å²) in [6.45, 7) is -1.83. The predicted molar refractivity (Wildman–Crippen MR) is 83.9 cm³/mol. The Hall–Kier alpha value is -2.51. The third-order valence-corrected chi connectivity index (χ3v) is 4.50. The average molecular weight is 584 g/mol. The fourth-order valence-electron chi connectivity index (χ4n) is 2.34. The van der Waals surface area contributed by atoms with Gasteiger partial charge in [0.1, 0.15) is 5.75 Å². The van der Waals surface area contributed by atoms with Crippen LogP contribution in [0.5, 0.6) is 5.75 Å². The number of ether oxygens (including phenoxy) is 1. The molecule has 0 saturated heterocycles. The molecule has 0 radical (unpaired) electrons. The van der Waals surface area contributed by atoms with E-state index in [4.69, 9.17) is 10.2 Å². The Morgan fingerprint density at radius 3 is 1.41 bits per heavy atom. The molecule has 0 aliphatic carbocycles. The summed E-state index contributed by atoms with van der Waals surface area (Å²) in [6, 6.07) is -1.99. The lowest BCUT2D eigenvalue weighted by Gasteiger charge is -2.41. The minimum absolute atomic E-state index is 0.157. The lowest BCUT2D eigenvalue weighted by molar-refractivity contribution is -0.451. The molecule has 0 unspecified atom stereocenters. The van der Waals surface area contributed by atoms with Gasteiger partial charge in [-0.05, 0) is 23.3 Å². The van der Waals surface area contributed by atoms with Gasteiger partial charge >= 0.3 is 47.7 Å². The van der Waals surface area contributed by atoms with E-state index in [-0.39, 0.29) is 5.56 Å². The molecule has 2 N–H and O–H groups in total. The second kappa shape index (κ2) is 9.66. The molecule has 20 heteroatoms. The number of aliphatic hydroxyl groups is 2. The van der Waals surface area contributed by atoms with Gasteiger partial charge in [0.05, 0.1) is 13.2 Å². The van der Waals surface area contributed by atoms with Gasteiger partial charge < -0.3 is 14.9 Å². The second-order valence-corrected chi connectivity index (χ2v) is 6.88. The first-order valence-corrected chi connectivity index (χ1v) is 8.70.